The van der Waals surface area contributed by atoms with Crippen molar-refractivity contribution in [1.29, 1.82) is 0 Å². The fourth-order valence-corrected chi connectivity index (χ4v) is 5.64. The molecule has 168 valence electrons. The molecule has 5 heteroatoms. The highest BCUT2D eigenvalue weighted by atomic mass is 16.6. The third-order valence-corrected chi connectivity index (χ3v) is 7.21. The highest BCUT2D eigenvalue weighted by Crippen LogP contribution is 2.36. The fourth-order valence-electron chi connectivity index (χ4n) is 5.64. The molecule has 1 amide bonds. The smallest absolute Gasteiger partial charge is 0.410 e. The van der Waals surface area contributed by atoms with Crippen LogP contribution in [0.15, 0.2) is 0 Å². The number of hydrogen-bond donors (Lipinski definition) is 0. The normalized spacial score (nSPS) is 32.5. The Morgan fingerprint density at radius 3 is 1.66 bits per heavy atom. The Balaban J connectivity index is 0.000000186. The number of likely N-dealkylation sites (tertiary alicyclic amines) is 2. The summed E-state index contributed by atoms with van der Waals surface area (Å²) in [6, 6.07) is 2.04. The number of rotatable bonds is 2. The van der Waals surface area contributed by atoms with Crippen LogP contribution in [0.25, 0.3) is 0 Å². The predicted molar refractivity (Wildman–Crippen MR) is 119 cm³/mol. The van der Waals surface area contributed by atoms with Crippen LogP contribution in [-0.4, -0.2) is 76.7 Å². The first-order valence-electron chi connectivity index (χ1n) is 12.0. The summed E-state index contributed by atoms with van der Waals surface area (Å²) >= 11 is 0. The van der Waals surface area contributed by atoms with Gasteiger partial charge in [-0.05, 0) is 92.4 Å². The topological polar surface area (TPSA) is 36.0 Å². The third kappa shape index (κ3) is 5.88. The van der Waals surface area contributed by atoms with Gasteiger partial charge in [0.25, 0.3) is 0 Å². The van der Waals surface area contributed by atoms with Crippen LogP contribution in [0.4, 0.5) is 4.79 Å². The number of amides is 1. The molecule has 0 aromatic carbocycles. The Hall–Kier alpha value is -0.810. The van der Waals surface area contributed by atoms with E-state index in [0.29, 0.717) is 18.1 Å². The molecule has 0 N–H and O–H groups in total. The average molecular weight is 408 g/mol. The molecule has 0 aromatic heterocycles. The Kier molecular flexibility index (Phi) is 7.20. The van der Waals surface area contributed by atoms with Gasteiger partial charge in [0.1, 0.15) is 5.60 Å². The van der Waals surface area contributed by atoms with Crippen LogP contribution < -0.4 is 0 Å². The van der Waals surface area contributed by atoms with Crippen molar-refractivity contribution >= 4 is 6.09 Å². The zero-order chi connectivity index (χ0) is 21.3. The summed E-state index contributed by atoms with van der Waals surface area (Å²) in [7, 11) is 0. The summed E-state index contributed by atoms with van der Waals surface area (Å²) in [5.41, 5.74) is -0.397. The number of carbonyl (C=O) groups is 1. The maximum Gasteiger partial charge on any atom is 0.410 e. The Labute approximate surface area is 179 Å². The predicted octanol–water partition coefficient (Wildman–Crippen LogP) is 4.61. The number of ether oxygens (including phenoxy) is 1. The molecule has 0 aromatic rings. The second kappa shape index (κ2) is 9.13. The summed E-state index contributed by atoms with van der Waals surface area (Å²) in [6.45, 7) is 19.6. The van der Waals surface area contributed by atoms with E-state index >= 15 is 0 Å². The molecule has 4 atom stereocenters. The van der Waals surface area contributed by atoms with Crippen molar-refractivity contribution in [2.45, 2.75) is 110 Å². The first-order chi connectivity index (χ1) is 13.5. The van der Waals surface area contributed by atoms with Gasteiger partial charge in [-0.15, -0.1) is 0 Å². The Bertz CT molecular complexity index is 531. The van der Waals surface area contributed by atoms with Crippen LogP contribution >= 0.6 is 0 Å². The van der Waals surface area contributed by atoms with Crippen molar-refractivity contribution < 1.29 is 9.53 Å². The quantitative estimate of drug-likeness (QED) is 0.670. The molecular formula is C24H45N3O2. The molecule has 4 aliphatic rings. The molecule has 29 heavy (non-hydrogen) atoms. The first kappa shape index (κ1) is 22.9. The maximum atomic E-state index is 12.2. The highest BCUT2D eigenvalue weighted by Gasteiger charge is 2.44. The van der Waals surface area contributed by atoms with Crippen LogP contribution in [0.5, 0.6) is 0 Å². The molecular weight excluding hydrogens is 362 g/mol. The summed E-state index contributed by atoms with van der Waals surface area (Å²) in [5, 5.41) is 0. The number of piperidine rings is 1. The second-order valence-corrected chi connectivity index (χ2v) is 11.4. The van der Waals surface area contributed by atoms with E-state index in [-0.39, 0.29) is 6.09 Å². The minimum atomic E-state index is -0.397. The molecule has 0 radical (unpaired) electrons. The van der Waals surface area contributed by atoms with Crippen molar-refractivity contribution in [2.75, 3.05) is 26.2 Å². The van der Waals surface area contributed by atoms with E-state index < -0.39 is 5.60 Å². The minimum Gasteiger partial charge on any atom is -0.444 e. The van der Waals surface area contributed by atoms with Gasteiger partial charge in [-0.3, -0.25) is 9.80 Å². The molecule has 3 heterocycles. The lowest BCUT2D eigenvalue weighted by molar-refractivity contribution is -0.00865. The van der Waals surface area contributed by atoms with E-state index in [0.717, 1.165) is 43.8 Å². The largest absolute Gasteiger partial charge is 0.444 e. The first-order valence-corrected chi connectivity index (χ1v) is 12.0. The maximum absolute atomic E-state index is 12.2. The SMILES string of the molecule is CC(C)N1CC2CCC(C1)N2C(=O)OC(C)(C)C.CC(C)N1CC2CCC(C2)C1. The number of hydrogen-bond acceptors (Lipinski definition) is 4. The van der Waals surface area contributed by atoms with Gasteiger partial charge in [-0.2, -0.15) is 0 Å². The van der Waals surface area contributed by atoms with Crippen molar-refractivity contribution in [2.24, 2.45) is 11.8 Å². The molecule has 4 fully saturated rings. The van der Waals surface area contributed by atoms with Crippen LogP contribution in [-0.2, 0) is 4.74 Å². The molecule has 5 nitrogen and oxygen atoms in total. The zero-order valence-corrected chi connectivity index (χ0v) is 20.0. The van der Waals surface area contributed by atoms with E-state index in [1.165, 1.54) is 32.4 Å². The van der Waals surface area contributed by atoms with E-state index in [2.05, 4.69) is 37.5 Å². The number of fused-ring (bicyclic) bond motifs is 4. The van der Waals surface area contributed by atoms with Crippen molar-refractivity contribution in [3.05, 3.63) is 0 Å². The molecule has 4 rings (SSSR count). The summed E-state index contributed by atoms with van der Waals surface area (Å²) < 4.78 is 5.52. The molecule has 4 unspecified atom stereocenters. The van der Waals surface area contributed by atoms with Crippen LogP contribution in [0.3, 0.4) is 0 Å². The van der Waals surface area contributed by atoms with Gasteiger partial charge < -0.3 is 9.64 Å². The molecule has 4 bridgehead atoms. The van der Waals surface area contributed by atoms with Gasteiger partial charge in [0, 0.05) is 50.3 Å². The number of nitrogens with zero attached hydrogens (tertiary/aromatic N) is 3. The van der Waals surface area contributed by atoms with Crippen molar-refractivity contribution in [3.63, 3.8) is 0 Å². The molecule has 1 saturated carbocycles. The molecule has 3 aliphatic heterocycles. The summed E-state index contributed by atoms with van der Waals surface area (Å²) in [6.07, 6.45) is 6.66. The lowest BCUT2D eigenvalue weighted by Gasteiger charge is -2.42. The molecule has 3 saturated heterocycles. The zero-order valence-electron chi connectivity index (χ0n) is 20.0. The Morgan fingerprint density at radius 1 is 0.793 bits per heavy atom. The highest BCUT2D eigenvalue weighted by molar-refractivity contribution is 5.69. The van der Waals surface area contributed by atoms with Gasteiger partial charge in [0.05, 0.1) is 0 Å². The molecule has 1 aliphatic carbocycles. The van der Waals surface area contributed by atoms with E-state index in [1.54, 1.807) is 0 Å². The fraction of sp³-hybridized carbons (Fsp3) is 0.958. The van der Waals surface area contributed by atoms with Gasteiger partial charge in [0.15, 0.2) is 0 Å². The van der Waals surface area contributed by atoms with Gasteiger partial charge in [-0.25, -0.2) is 4.79 Å². The lowest BCUT2D eigenvalue weighted by Crippen LogP contribution is -2.58. The standard InChI is InChI=1S/C14H26N2O2.C10H19N/c1-10(2)15-8-11-6-7-12(9-15)16(11)13(17)18-14(3,4)5;1-8(2)11-6-9-3-4-10(5-9)7-11/h10-12H,6-9H2,1-5H3;8-10H,3-7H2,1-2H3. The average Bonchev–Trinajstić information content (AvgIpc) is 3.08. The minimum absolute atomic E-state index is 0.126. The van der Waals surface area contributed by atoms with Gasteiger partial charge in [-0.1, -0.05) is 0 Å². The monoisotopic (exact) mass is 407 g/mol. The third-order valence-electron chi connectivity index (χ3n) is 7.21. The van der Waals surface area contributed by atoms with Crippen molar-refractivity contribution in [1.82, 2.24) is 14.7 Å². The lowest BCUT2D eigenvalue weighted by atomic mass is 9.98. The number of carbonyl (C=O) groups excluding carboxylic acids is 1. The van der Waals surface area contributed by atoms with Crippen LogP contribution in [0, 0.1) is 11.8 Å². The molecule has 0 spiro atoms. The van der Waals surface area contributed by atoms with E-state index in [9.17, 15) is 4.79 Å². The summed E-state index contributed by atoms with van der Waals surface area (Å²) in [5.74, 6) is 2.10. The second-order valence-electron chi connectivity index (χ2n) is 11.4. The van der Waals surface area contributed by atoms with Crippen LogP contribution in [0.2, 0.25) is 0 Å². The van der Waals surface area contributed by atoms with Gasteiger partial charge >= 0.3 is 6.09 Å². The van der Waals surface area contributed by atoms with E-state index in [1.807, 2.05) is 25.7 Å². The number of piperazine rings is 1. The van der Waals surface area contributed by atoms with Gasteiger partial charge in [0.2, 0.25) is 0 Å². The van der Waals surface area contributed by atoms with Crippen molar-refractivity contribution in [3.8, 4) is 0 Å². The summed E-state index contributed by atoms with van der Waals surface area (Å²) in [4.78, 5) is 19.4. The van der Waals surface area contributed by atoms with E-state index in [4.69, 9.17) is 4.74 Å². The van der Waals surface area contributed by atoms with Crippen LogP contribution in [0.1, 0.15) is 80.6 Å². The Morgan fingerprint density at radius 2 is 1.24 bits per heavy atom.